The Balaban J connectivity index is 2.86. The molecule has 0 spiro atoms. The van der Waals surface area contributed by atoms with Gasteiger partial charge in [0.15, 0.2) is 0 Å². The summed E-state index contributed by atoms with van der Waals surface area (Å²) in [6.45, 7) is 6.36. The summed E-state index contributed by atoms with van der Waals surface area (Å²) in [5.74, 6) is 1.24. The lowest BCUT2D eigenvalue weighted by Gasteiger charge is -2.10. The number of aliphatic imine (C=N–C) groups is 1. The third kappa shape index (κ3) is 1.30. The molecule has 0 aliphatic carbocycles. The number of hydrogen-bond acceptors (Lipinski definition) is 2. The second-order valence-electron chi connectivity index (χ2n) is 2.96. The van der Waals surface area contributed by atoms with Gasteiger partial charge in [0.25, 0.3) is 0 Å². The Morgan fingerprint density at radius 3 is 2.45 bits per heavy atom. The summed E-state index contributed by atoms with van der Waals surface area (Å²) in [6.07, 6.45) is 2.16. The lowest BCUT2D eigenvalue weighted by Crippen LogP contribution is -2.20. The van der Waals surface area contributed by atoms with Crippen molar-refractivity contribution in [3.8, 4) is 0 Å². The highest BCUT2D eigenvalue weighted by Gasteiger charge is 2.22. The summed E-state index contributed by atoms with van der Waals surface area (Å²) in [5.41, 5.74) is 8.31. The van der Waals surface area contributed by atoms with E-state index in [0.29, 0.717) is 5.92 Å². The van der Waals surface area contributed by atoms with Crippen LogP contribution in [-0.2, 0) is 0 Å². The van der Waals surface area contributed by atoms with Gasteiger partial charge in [-0.1, -0.05) is 13.8 Å². The number of nitrogens with two attached hydrogens (primary N) is 1. The predicted octanol–water partition coefficient (Wildman–Crippen LogP) is 2.07. The molecule has 1 heterocycles. The molecular formula is C9H16N2. The molecule has 2 nitrogen and oxygen atoms in total. The van der Waals surface area contributed by atoms with Crippen molar-refractivity contribution in [1.29, 1.82) is 0 Å². The van der Waals surface area contributed by atoms with Crippen LogP contribution in [0.3, 0.4) is 0 Å². The van der Waals surface area contributed by atoms with Gasteiger partial charge >= 0.3 is 0 Å². The van der Waals surface area contributed by atoms with Crippen LogP contribution in [0.5, 0.6) is 0 Å². The van der Waals surface area contributed by atoms with Crippen LogP contribution in [0.25, 0.3) is 0 Å². The van der Waals surface area contributed by atoms with E-state index in [1.807, 2.05) is 6.92 Å². The maximum absolute atomic E-state index is 5.75. The minimum atomic E-state index is 0.431. The summed E-state index contributed by atoms with van der Waals surface area (Å²) in [7, 11) is 0. The van der Waals surface area contributed by atoms with E-state index in [2.05, 4.69) is 18.8 Å². The number of nitrogens with zero attached hydrogens (tertiary/aromatic N) is 1. The number of rotatable bonds is 2. The Morgan fingerprint density at radius 1 is 1.45 bits per heavy atom. The highest BCUT2D eigenvalue weighted by atomic mass is 14.9. The van der Waals surface area contributed by atoms with E-state index in [4.69, 9.17) is 5.73 Å². The van der Waals surface area contributed by atoms with Gasteiger partial charge < -0.3 is 5.73 Å². The average molecular weight is 152 g/mol. The summed E-state index contributed by atoms with van der Waals surface area (Å²) in [4.78, 5) is 4.27. The van der Waals surface area contributed by atoms with E-state index in [1.165, 1.54) is 5.57 Å². The van der Waals surface area contributed by atoms with E-state index >= 15 is 0 Å². The molecule has 0 aromatic heterocycles. The topological polar surface area (TPSA) is 38.4 Å². The van der Waals surface area contributed by atoms with Gasteiger partial charge in [-0.25, -0.2) is 4.99 Å². The second kappa shape index (κ2) is 3.07. The fraction of sp³-hybridized carbons (Fsp3) is 0.667. The van der Waals surface area contributed by atoms with Crippen LogP contribution >= 0.6 is 0 Å². The SMILES string of the molecule is CCC1=C(C)N=C(N)C1CC. The second-order valence-corrected chi connectivity index (χ2v) is 2.96. The summed E-state index contributed by atoms with van der Waals surface area (Å²) in [6, 6.07) is 0. The molecule has 0 saturated heterocycles. The Bertz CT molecular complexity index is 214. The molecule has 0 aromatic rings. The van der Waals surface area contributed by atoms with Gasteiger partial charge in [-0.05, 0) is 25.3 Å². The fourth-order valence-corrected chi connectivity index (χ4v) is 1.73. The van der Waals surface area contributed by atoms with Gasteiger partial charge in [0, 0.05) is 11.6 Å². The van der Waals surface area contributed by atoms with Crippen molar-refractivity contribution < 1.29 is 0 Å². The minimum absolute atomic E-state index is 0.431. The normalized spacial score (nSPS) is 24.3. The molecule has 0 bridgehead atoms. The van der Waals surface area contributed by atoms with Crippen molar-refractivity contribution in [3.05, 3.63) is 11.3 Å². The standard InChI is InChI=1S/C9H16N2/c1-4-7-6(3)11-9(10)8(7)5-2/h8H,4-5H2,1-3H3,(H2,10,11). The van der Waals surface area contributed by atoms with Crippen LogP contribution in [0, 0.1) is 5.92 Å². The largest absolute Gasteiger partial charge is 0.387 e. The van der Waals surface area contributed by atoms with Gasteiger partial charge in [0.2, 0.25) is 0 Å². The molecule has 0 saturated carbocycles. The molecule has 2 heteroatoms. The first-order valence-corrected chi connectivity index (χ1v) is 4.24. The van der Waals surface area contributed by atoms with Crippen LogP contribution in [0.1, 0.15) is 33.6 Å². The highest BCUT2D eigenvalue weighted by molar-refractivity contribution is 5.89. The monoisotopic (exact) mass is 152 g/mol. The Labute approximate surface area is 68.2 Å². The van der Waals surface area contributed by atoms with Crippen molar-refractivity contribution in [3.63, 3.8) is 0 Å². The lowest BCUT2D eigenvalue weighted by atomic mass is 9.94. The molecule has 1 rings (SSSR count). The first-order chi connectivity index (χ1) is 5.20. The smallest absolute Gasteiger partial charge is 0.106 e. The predicted molar refractivity (Wildman–Crippen MR) is 48.4 cm³/mol. The zero-order valence-electron chi connectivity index (χ0n) is 7.52. The summed E-state index contributed by atoms with van der Waals surface area (Å²) in [5, 5.41) is 0. The van der Waals surface area contributed by atoms with Gasteiger partial charge in [0.05, 0.1) is 0 Å². The van der Waals surface area contributed by atoms with E-state index < -0.39 is 0 Å². The molecule has 1 unspecified atom stereocenters. The van der Waals surface area contributed by atoms with Gasteiger partial charge in [-0.2, -0.15) is 0 Å². The first kappa shape index (κ1) is 8.31. The van der Waals surface area contributed by atoms with Gasteiger partial charge in [-0.3, -0.25) is 0 Å². The molecule has 62 valence electrons. The number of allylic oxidation sites excluding steroid dienone is 1. The maximum Gasteiger partial charge on any atom is 0.106 e. The molecule has 0 amide bonds. The third-order valence-electron chi connectivity index (χ3n) is 2.33. The quantitative estimate of drug-likeness (QED) is 0.646. The zero-order valence-corrected chi connectivity index (χ0v) is 7.52. The van der Waals surface area contributed by atoms with Crippen molar-refractivity contribution in [2.45, 2.75) is 33.6 Å². The molecule has 1 aliphatic heterocycles. The van der Waals surface area contributed by atoms with E-state index in [1.54, 1.807) is 0 Å². The van der Waals surface area contributed by atoms with E-state index in [9.17, 15) is 0 Å². The fourth-order valence-electron chi connectivity index (χ4n) is 1.73. The highest BCUT2D eigenvalue weighted by Crippen LogP contribution is 2.28. The number of amidine groups is 1. The van der Waals surface area contributed by atoms with Crippen LogP contribution in [0.4, 0.5) is 0 Å². The third-order valence-corrected chi connectivity index (χ3v) is 2.33. The molecular weight excluding hydrogens is 136 g/mol. The van der Waals surface area contributed by atoms with Crippen molar-refractivity contribution in [1.82, 2.24) is 0 Å². The number of hydrogen-bond donors (Lipinski definition) is 1. The molecule has 2 N–H and O–H groups in total. The average Bonchev–Trinajstić information content (AvgIpc) is 2.24. The Hall–Kier alpha value is -0.790. The van der Waals surface area contributed by atoms with Crippen LogP contribution in [0.2, 0.25) is 0 Å². The van der Waals surface area contributed by atoms with Crippen molar-refractivity contribution in [2.75, 3.05) is 0 Å². The zero-order chi connectivity index (χ0) is 8.43. The Morgan fingerprint density at radius 2 is 2.09 bits per heavy atom. The Kier molecular flexibility index (Phi) is 2.32. The maximum atomic E-state index is 5.75. The van der Waals surface area contributed by atoms with Gasteiger partial charge in [-0.15, -0.1) is 0 Å². The lowest BCUT2D eigenvalue weighted by molar-refractivity contribution is 0.739. The van der Waals surface area contributed by atoms with Crippen molar-refractivity contribution >= 4 is 5.84 Å². The molecule has 1 aliphatic rings. The molecule has 0 fully saturated rings. The van der Waals surface area contributed by atoms with Crippen LogP contribution in [-0.4, -0.2) is 5.84 Å². The van der Waals surface area contributed by atoms with Crippen LogP contribution < -0.4 is 5.73 Å². The van der Waals surface area contributed by atoms with Crippen molar-refractivity contribution in [2.24, 2.45) is 16.6 Å². The summed E-state index contributed by atoms with van der Waals surface area (Å²) < 4.78 is 0. The first-order valence-electron chi connectivity index (χ1n) is 4.24. The molecule has 11 heavy (non-hydrogen) atoms. The van der Waals surface area contributed by atoms with Gasteiger partial charge in [0.1, 0.15) is 5.84 Å². The summed E-state index contributed by atoms with van der Waals surface area (Å²) >= 11 is 0. The van der Waals surface area contributed by atoms with E-state index in [-0.39, 0.29) is 0 Å². The minimum Gasteiger partial charge on any atom is -0.387 e. The molecule has 0 aromatic carbocycles. The molecule has 1 atom stereocenters. The van der Waals surface area contributed by atoms with Crippen LogP contribution in [0.15, 0.2) is 16.3 Å². The van der Waals surface area contributed by atoms with E-state index in [0.717, 1.165) is 24.4 Å². The molecule has 0 radical (unpaired) electrons.